The molecule has 1 fully saturated rings. The Balaban J connectivity index is 1.67. The molecule has 3 rings (SSSR count). The van der Waals surface area contributed by atoms with Gasteiger partial charge in [-0.2, -0.15) is 0 Å². The second-order valence-corrected chi connectivity index (χ2v) is 7.68. The number of amides is 1. The quantitative estimate of drug-likeness (QED) is 0.741. The Morgan fingerprint density at radius 1 is 1.08 bits per heavy atom. The number of hydrogen-bond acceptors (Lipinski definition) is 5. The second kappa shape index (κ2) is 7.86. The van der Waals surface area contributed by atoms with E-state index in [0.29, 0.717) is 24.5 Å². The van der Waals surface area contributed by atoms with E-state index < -0.39 is 16.1 Å². The van der Waals surface area contributed by atoms with E-state index >= 15 is 0 Å². The molecule has 1 amide bonds. The first-order valence-corrected chi connectivity index (χ1v) is 9.78. The highest BCUT2D eigenvalue weighted by molar-refractivity contribution is 7.92. The molecule has 7 nitrogen and oxygen atoms in total. The first kappa shape index (κ1) is 18.4. The average Bonchev–Trinajstić information content (AvgIpc) is 2.63. The molecule has 8 heteroatoms. The predicted molar refractivity (Wildman–Crippen MR) is 99.5 cm³/mol. The van der Waals surface area contributed by atoms with Crippen LogP contribution in [-0.4, -0.2) is 39.6 Å². The number of ether oxygens (including phenoxy) is 1. The maximum Gasteiger partial charge on any atom is 0.261 e. The number of carbonyl (C=O) groups is 1. The Bertz CT molecular complexity index is 854. The zero-order valence-electron chi connectivity index (χ0n) is 14.3. The van der Waals surface area contributed by atoms with Crippen molar-refractivity contribution in [3.05, 3.63) is 54.6 Å². The van der Waals surface area contributed by atoms with Gasteiger partial charge in [0.05, 0.1) is 17.6 Å². The van der Waals surface area contributed by atoms with Crippen molar-refractivity contribution in [3.63, 3.8) is 0 Å². The number of carbonyl (C=O) groups excluding carboxylic acids is 1. The summed E-state index contributed by atoms with van der Waals surface area (Å²) in [6, 6.07) is 14.2. The van der Waals surface area contributed by atoms with Gasteiger partial charge in [0, 0.05) is 17.9 Å². The molecule has 138 valence electrons. The van der Waals surface area contributed by atoms with Crippen molar-refractivity contribution in [2.24, 2.45) is 0 Å². The maximum absolute atomic E-state index is 12.4. The Hall–Kier alpha value is -2.42. The van der Waals surface area contributed by atoms with Crippen LogP contribution in [0.1, 0.15) is 6.92 Å². The van der Waals surface area contributed by atoms with Crippen molar-refractivity contribution in [1.29, 1.82) is 0 Å². The zero-order chi connectivity index (χ0) is 18.6. The van der Waals surface area contributed by atoms with Crippen molar-refractivity contribution in [2.45, 2.75) is 24.0 Å². The fourth-order valence-electron chi connectivity index (χ4n) is 2.69. The van der Waals surface area contributed by atoms with Crippen LogP contribution in [0, 0.1) is 0 Å². The van der Waals surface area contributed by atoms with E-state index in [2.05, 4.69) is 15.4 Å². The Morgan fingerprint density at radius 3 is 2.42 bits per heavy atom. The molecule has 0 saturated carbocycles. The van der Waals surface area contributed by atoms with Crippen LogP contribution in [0.5, 0.6) is 0 Å². The summed E-state index contributed by atoms with van der Waals surface area (Å²) in [5.41, 5.74) is 1.01. The lowest BCUT2D eigenvalue weighted by atomic mass is 10.1. The minimum Gasteiger partial charge on any atom is -0.375 e. The summed E-state index contributed by atoms with van der Waals surface area (Å²) in [6.45, 7) is 3.03. The molecule has 0 spiro atoms. The summed E-state index contributed by atoms with van der Waals surface area (Å²) >= 11 is 0. The number of para-hydroxylation sites is 1. The molecule has 0 aromatic heterocycles. The van der Waals surface area contributed by atoms with E-state index in [1.165, 1.54) is 12.1 Å². The van der Waals surface area contributed by atoms with Gasteiger partial charge in [-0.15, -0.1) is 0 Å². The van der Waals surface area contributed by atoms with Gasteiger partial charge in [-0.3, -0.25) is 9.52 Å². The standard InChI is InChI=1S/C18H21N3O4S/c1-13-17(19-11-12-25-13)18(22)20-14-7-9-16(10-8-14)26(23,24)21-15-5-3-2-4-6-15/h2-10,13,17,19,21H,11-12H2,1H3,(H,20,22)/t13-,17+/m1/s1. The number of benzene rings is 2. The molecule has 3 N–H and O–H groups in total. The lowest BCUT2D eigenvalue weighted by molar-refractivity contribution is -0.123. The third-order valence-electron chi connectivity index (χ3n) is 4.06. The summed E-state index contributed by atoms with van der Waals surface area (Å²) in [6.07, 6.45) is -0.224. The van der Waals surface area contributed by atoms with Crippen molar-refractivity contribution >= 4 is 27.3 Å². The lowest BCUT2D eigenvalue weighted by Crippen LogP contribution is -2.53. The molecular formula is C18H21N3O4S. The van der Waals surface area contributed by atoms with Crippen LogP contribution in [0.15, 0.2) is 59.5 Å². The summed E-state index contributed by atoms with van der Waals surface area (Å²) < 4.78 is 32.8. The summed E-state index contributed by atoms with van der Waals surface area (Å²) in [7, 11) is -3.68. The molecule has 1 aliphatic heterocycles. The molecule has 0 aliphatic carbocycles. The number of rotatable bonds is 5. The van der Waals surface area contributed by atoms with Gasteiger partial charge in [-0.05, 0) is 43.3 Å². The van der Waals surface area contributed by atoms with E-state index in [9.17, 15) is 13.2 Å². The van der Waals surface area contributed by atoms with Crippen LogP contribution in [-0.2, 0) is 19.6 Å². The fraction of sp³-hybridized carbons (Fsp3) is 0.278. The van der Waals surface area contributed by atoms with Crippen LogP contribution < -0.4 is 15.4 Å². The van der Waals surface area contributed by atoms with Crippen LogP contribution in [0.2, 0.25) is 0 Å². The molecule has 0 radical (unpaired) electrons. The molecule has 26 heavy (non-hydrogen) atoms. The molecule has 1 heterocycles. The Morgan fingerprint density at radius 2 is 1.77 bits per heavy atom. The highest BCUT2D eigenvalue weighted by Crippen LogP contribution is 2.18. The molecular weight excluding hydrogens is 354 g/mol. The fourth-order valence-corrected chi connectivity index (χ4v) is 3.74. The van der Waals surface area contributed by atoms with Crippen molar-refractivity contribution in [2.75, 3.05) is 23.2 Å². The predicted octanol–water partition coefficient (Wildman–Crippen LogP) is 1.80. The summed E-state index contributed by atoms with van der Waals surface area (Å²) in [5, 5.41) is 5.88. The van der Waals surface area contributed by atoms with Crippen molar-refractivity contribution in [1.82, 2.24) is 5.32 Å². The van der Waals surface area contributed by atoms with E-state index in [1.54, 1.807) is 36.4 Å². The van der Waals surface area contributed by atoms with Gasteiger partial charge in [0.1, 0.15) is 6.04 Å². The first-order valence-electron chi connectivity index (χ1n) is 8.29. The van der Waals surface area contributed by atoms with Crippen LogP contribution in [0.3, 0.4) is 0 Å². The van der Waals surface area contributed by atoms with Gasteiger partial charge in [0.15, 0.2) is 0 Å². The molecule has 2 aromatic carbocycles. The van der Waals surface area contributed by atoms with Gasteiger partial charge in [-0.1, -0.05) is 18.2 Å². The second-order valence-electron chi connectivity index (χ2n) is 5.99. The van der Waals surface area contributed by atoms with Crippen molar-refractivity contribution in [3.8, 4) is 0 Å². The minimum absolute atomic E-state index is 0.117. The minimum atomic E-state index is -3.68. The van der Waals surface area contributed by atoms with Gasteiger partial charge >= 0.3 is 0 Å². The van der Waals surface area contributed by atoms with Gasteiger partial charge in [0.2, 0.25) is 5.91 Å². The van der Waals surface area contributed by atoms with Crippen molar-refractivity contribution < 1.29 is 17.9 Å². The summed E-state index contributed by atoms with van der Waals surface area (Å²) in [4.78, 5) is 12.4. The topological polar surface area (TPSA) is 96.5 Å². The highest BCUT2D eigenvalue weighted by Gasteiger charge is 2.28. The molecule has 1 aliphatic rings. The Labute approximate surface area is 152 Å². The number of sulfonamides is 1. The normalized spacial score (nSPS) is 20.3. The lowest BCUT2D eigenvalue weighted by Gasteiger charge is -2.29. The molecule has 2 aromatic rings. The molecule has 1 saturated heterocycles. The van der Waals surface area contributed by atoms with E-state index in [-0.39, 0.29) is 16.9 Å². The SMILES string of the molecule is C[C@H]1OCCN[C@@H]1C(=O)Nc1ccc(S(=O)(=O)Nc2ccccc2)cc1. The molecule has 0 unspecified atom stereocenters. The monoisotopic (exact) mass is 375 g/mol. The van der Waals surface area contributed by atoms with Crippen LogP contribution >= 0.6 is 0 Å². The molecule has 0 bridgehead atoms. The van der Waals surface area contributed by atoms with E-state index in [0.717, 1.165) is 0 Å². The Kier molecular flexibility index (Phi) is 5.55. The number of nitrogens with one attached hydrogen (secondary N) is 3. The third kappa shape index (κ3) is 4.40. The largest absolute Gasteiger partial charge is 0.375 e. The number of morpholine rings is 1. The van der Waals surface area contributed by atoms with E-state index in [4.69, 9.17) is 4.74 Å². The zero-order valence-corrected chi connectivity index (χ0v) is 15.1. The van der Waals surface area contributed by atoms with Crippen LogP contribution in [0.4, 0.5) is 11.4 Å². The first-order chi connectivity index (χ1) is 12.5. The smallest absolute Gasteiger partial charge is 0.261 e. The highest BCUT2D eigenvalue weighted by atomic mass is 32.2. The number of hydrogen-bond donors (Lipinski definition) is 3. The van der Waals surface area contributed by atoms with Gasteiger partial charge < -0.3 is 15.4 Å². The summed E-state index contributed by atoms with van der Waals surface area (Å²) in [5.74, 6) is -0.213. The van der Waals surface area contributed by atoms with Crippen LogP contribution in [0.25, 0.3) is 0 Å². The van der Waals surface area contributed by atoms with E-state index in [1.807, 2.05) is 13.0 Å². The average molecular weight is 375 g/mol. The third-order valence-corrected chi connectivity index (χ3v) is 5.45. The number of anilines is 2. The van der Waals surface area contributed by atoms with Gasteiger partial charge in [-0.25, -0.2) is 8.42 Å². The maximum atomic E-state index is 12.4. The van der Waals surface area contributed by atoms with Gasteiger partial charge in [0.25, 0.3) is 10.0 Å². The molecule has 2 atom stereocenters.